The van der Waals surface area contributed by atoms with E-state index in [1.165, 1.54) is 0 Å². The Bertz CT molecular complexity index is 514. The van der Waals surface area contributed by atoms with Crippen molar-refractivity contribution in [1.82, 2.24) is 5.32 Å². The van der Waals surface area contributed by atoms with E-state index in [0.717, 1.165) is 37.8 Å². The maximum atomic E-state index is 12.3. The number of benzene rings is 1. The second-order valence-corrected chi connectivity index (χ2v) is 7.13. The van der Waals surface area contributed by atoms with E-state index in [9.17, 15) is 8.42 Å². The molecule has 1 N–H and O–H groups in total. The first kappa shape index (κ1) is 11.2. The first-order valence-corrected chi connectivity index (χ1v) is 7.80. The molecule has 1 aliphatic carbocycles. The van der Waals surface area contributed by atoms with Crippen molar-refractivity contribution in [3.8, 4) is 0 Å². The number of hydrogen-bond donors (Lipinski definition) is 1. The van der Waals surface area contributed by atoms with Crippen molar-refractivity contribution in [2.24, 2.45) is 0 Å². The minimum absolute atomic E-state index is 0.120. The number of hydrogen-bond acceptors (Lipinski definition) is 3. The summed E-state index contributed by atoms with van der Waals surface area (Å²) in [5.74, 6) is 0. The fraction of sp³-hybridized carbons (Fsp3) is 0.538. The lowest BCUT2D eigenvalue weighted by Crippen LogP contribution is -2.18. The molecule has 0 aromatic heterocycles. The van der Waals surface area contributed by atoms with Crippen LogP contribution in [0.1, 0.15) is 37.3 Å². The third-order valence-electron chi connectivity index (χ3n) is 3.62. The van der Waals surface area contributed by atoms with Crippen LogP contribution >= 0.6 is 0 Å². The van der Waals surface area contributed by atoms with Crippen LogP contribution in [-0.4, -0.2) is 20.2 Å². The highest BCUT2D eigenvalue weighted by atomic mass is 32.2. The molecule has 1 saturated heterocycles. The van der Waals surface area contributed by atoms with Crippen molar-refractivity contribution >= 4 is 9.84 Å². The van der Waals surface area contributed by atoms with E-state index in [2.05, 4.69) is 5.32 Å². The van der Waals surface area contributed by atoms with E-state index in [0.29, 0.717) is 4.90 Å². The van der Waals surface area contributed by atoms with Gasteiger partial charge in [0.2, 0.25) is 0 Å². The molecule has 0 spiro atoms. The summed E-state index contributed by atoms with van der Waals surface area (Å²) in [4.78, 5) is 0.557. The molecule has 3 rings (SSSR count). The highest BCUT2D eigenvalue weighted by molar-refractivity contribution is 7.92. The van der Waals surface area contributed by atoms with Gasteiger partial charge in [-0.25, -0.2) is 8.42 Å². The normalized spacial score (nSPS) is 25.1. The van der Waals surface area contributed by atoms with Crippen molar-refractivity contribution in [3.63, 3.8) is 0 Å². The van der Waals surface area contributed by atoms with Crippen molar-refractivity contribution in [2.75, 3.05) is 6.54 Å². The molecule has 1 aromatic rings. The molecule has 1 heterocycles. The number of rotatable bonds is 3. The molecular formula is C13H17NO2S. The highest BCUT2D eigenvalue weighted by Gasteiger charge is 2.38. The predicted octanol–water partition coefficient (Wildman–Crippen LogP) is 2.05. The Morgan fingerprint density at radius 1 is 1.12 bits per heavy atom. The Kier molecular flexibility index (Phi) is 2.71. The van der Waals surface area contributed by atoms with Gasteiger partial charge in [-0.1, -0.05) is 18.2 Å². The van der Waals surface area contributed by atoms with Gasteiger partial charge >= 0.3 is 0 Å². The van der Waals surface area contributed by atoms with Crippen LogP contribution < -0.4 is 5.32 Å². The van der Waals surface area contributed by atoms with Crippen LogP contribution in [0.3, 0.4) is 0 Å². The van der Waals surface area contributed by atoms with Crippen LogP contribution in [0.2, 0.25) is 0 Å². The van der Waals surface area contributed by atoms with Gasteiger partial charge in [0, 0.05) is 6.04 Å². The van der Waals surface area contributed by atoms with E-state index < -0.39 is 9.84 Å². The number of sulfone groups is 1. The molecule has 0 bridgehead atoms. The van der Waals surface area contributed by atoms with Gasteiger partial charge in [-0.05, 0) is 43.9 Å². The molecule has 1 unspecified atom stereocenters. The van der Waals surface area contributed by atoms with E-state index in [4.69, 9.17) is 0 Å². The smallest absolute Gasteiger partial charge is 0.181 e. The second-order valence-electron chi connectivity index (χ2n) is 4.93. The Hall–Kier alpha value is -0.870. The molecule has 4 heteroatoms. The lowest BCUT2D eigenvalue weighted by molar-refractivity contribution is 0.585. The Morgan fingerprint density at radius 2 is 1.88 bits per heavy atom. The molecule has 1 saturated carbocycles. The van der Waals surface area contributed by atoms with Gasteiger partial charge in [0.15, 0.2) is 9.84 Å². The molecule has 1 aromatic carbocycles. The molecular weight excluding hydrogens is 234 g/mol. The van der Waals surface area contributed by atoms with Crippen LogP contribution in [0.4, 0.5) is 0 Å². The van der Waals surface area contributed by atoms with Crippen LogP contribution in [0.25, 0.3) is 0 Å². The first-order valence-electron chi connectivity index (χ1n) is 6.26. The van der Waals surface area contributed by atoms with Crippen LogP contribution in [0.15, 0.2) is 29.2 Å². The van der Waals surface area contributed by atoms with Crippen LogP contribution in [0, 0.1) is 0 Å². The zero-order valence-electron chi connectivity index (χ0n) is 9.72. The SMILES string of the molecule is O=S(=O)(c1ccccc1C1CCCN1)C1CC1. The Morgan fingerprint density at radius 3 is 2.53 bits per heavy atom. The third kappa shape index (κ3) is 2.00. The van der Waals surface area contributed by atoms with E-state index in [-0.39, 0.29) is 11.3 Å². The van der Waals surface area contributed by atoms with Crippen molar-refractivity contribution < 1.29 is 8.42 Å². The molecule has 2 aliphatic rings. The Balaban J connectivity index is 2.03. The highest BCUT2D eigenvalue weighted by Crippen LogP contribution is 2.37. The van der Waals surface area contributed by atoms with Gasteiger partial charge in [0.05, 0.1) is 10.1 Å². The minimum atomic E-state index is -3.07. The summed E-state index contributed by atoms with van der Waals surface area (Å²) in [6.45, 7) is 0.989. The quantitative estimate of drug-likeness (QED) is 0.894. The molecule has 92 valence electrons. The summed E-state index contributed by atoms with van der Waals surface area (Å²) in [6, 6.07) is 7.70. The molecule has 1 aliphatic heterocycles. The van der Waals surface area contributed by atoms with Crippen LogP contribution in [0.5, 0.6) is 0 Å². The van der Waals surface area contributed by atoms with Gasteiger partial charge in [0.25, 0.3) is 0 Å². The van der Waals surface area contributed by atoms with Crippen LogP contribution in [-0.2, 0) is 9.84 Å². The molecule has 0 radical (unpaired) electrons. The fourth-order valence-corrected chi connectivity index (χ4v) is 4.46. The maximum Gasteiger partial charge on any atom is 0.181 e. The van der Waals surface area contributed by atoms with E-state index in [1.54, 1.807) is 6.07 Å². The van der Waals surface area contributed by atoms with Crippen molar-refractivity contribution in [2.45, 2.75) is 41.9 Å². The number of nitrogens with one attached hydrogen (secondary N) is 1. The zero-order valence-corrected chi connectivity index (χ0v) is 10.5. The van der Waals surface area contributed by atoms with Gasteiger partial charge in [0.1, 0.15) is 0 Å². The monoisotopic (exact) mass is 251 g/mol. The summed E-state index contributed by atoms with van der Waals surface area (Å²) in [5.41, 5.74) is 0.969. The second kappa shape index (κ2) is 4.10. The molecule has 1 atom stereocenters. The van der Waals surface area contributed by atoms with Gasteiger partial charge in [-0.15, -0.1) is 0 Å². The maximum absolute atomic E-state index is 12.3. The summed E-state index contributed by atoms with van der Waals surface area (Å²) < 4.78 is 24.7. The summed E-state index contributed by atoms with van der Waals surface area (Å²) in [6.07, 6.45) is 3.82. The summed E-state index contributed by atoms with van der Waals surface area (Å²) in [7, 11) is -3.07. The first-order chi connectivity index (χ1) is 8.19. The molecule has 2 fully saturated rings. The average Bonchev–Trinajstić information content (AvgIpc) is 3.06. The van der Waals surface area contributed by atoms with Gasteiger partial charge in [-0.3, -0.25) is 0 Å². The summed E-state index contributed by atoms with van der Waals surface area (Å²) in [5, 5.41) is 3.26. The lowest BCUT2D eigenvalue weighted by Gasteiger charge is -2.15. The van der Waals surface area contributed by atoms with Crippen molar-refractivity contribution in [1.29, 1.82) is 0 Å². The standard InChI is InChI=1S/C13H17NO2S/c15-17(16,10-7-8-10)13-6-2-1-4-11(13)12-5-3-9-14-12/h1-2,4,6,10,12,14H,3,5,7-9H2. The predicted molar refractivity (Wildman–Crippen MR) is 66.6 cm³/mol. The van der Waals surface area contributed by atoms with Gasteiger partial charge < -0.3 is 5.32 Å². The molecule has 3 nitrogen and oxygen atoms in total. The Labute approximate surface area is 102 Å². The fourth-order valence-electron chi connectivity index (χ4n) is 2.54. The van der Waals surface area contributed by atoms with Gasteiger partial charge in [-0.2, -0.15) is 0 Å². The topological polar surface area (TPSA) is 46.2 Å². The minimum Gasteiger partial charge on any atom is -0.310 e. The third-order valence-corrected chi connectivity index (χ3v) is 5.96. The lowest BCUT2D eigenvalue weighted by atomic mass is 10.1. The average molecular weight is 251 g/mol. The molecule has 17 heavy (non-hydrogen) atoms. The zero-order chi connectivity index (χ0) is 11.9. The van der Waals surface area contributed by atoms with Crippen molar-refractivity contribution in [3.05, 3.63) is 29.8 Å². The largest absolute Gasteiger partial charge is 0.310 e. The van der Waals surface area contributed by atoms with E-state index >= 15 is 0 Å². The van der Waals surface area contributed by atoms with E-state index in [1.807, 2.05) is 18.2 Å². The summed E-state index contributed by atoms with van der Waals surface area (Å²) >= 11 is 0. The molecule has 0 amide bonds.